The first kappa shape index (κ1) is 40.1. The second kappa shape index (κ2) is 13.7. The van der Waals surface area contributed by atoms with E-state index in [1.165, 1.54) is 12.8 Å². The van der Waals surface area contributed by atoms with Gasteiger partial charge in [-0.15, -0.1) is 0 Å². The molecule has 20 unspecified atom stereocenters. The van der Waals surface area contributed by atoms with Crippen molar-refractivity contribution in [2.75, 3.05) is 7.05 Å². The molecule has 0 spiro atoms. The molecule has 7 fully saturated rings. The van der Waals surface area contributed by atoms with Crippen molar-refractivity contribution in [3.05, 3.63) is 71.3 Å². The molecule has 0 saturated heterocycles. The molecule has 0 amide bonds. The molecule has 1 aliphatic heterocycles. The smallest absolute Gasteiger partial charge is 0.331 e. The van der Waals surface area contributed by atoms with Crippen LogP contribution in [-0.4, -0.2) is 91.1 Å². The fraction of sp³-hybridized carbons (Fsp3) is 0.720. The maximum absolute atomic E-state index is 14.5. The highest BCUT2D eigenvalue weighted by atomic mass is 16.5. The topological polar surface area (TPSA) is 177 Å². The number of rotatable bonds is 7. The van der Waals surface area contributed by atoms with Crippen molar-refractivity contribution < 1.29 is 45.0 Å². The van der Waals surface area contributed by atoms with Crippen molar-refractivity contribution in [2.24, 2.45) is 81.8 Å². The lowest BCUT2D eigenvalue weighted by Crippen LogP contribution is -2.88. The number of esters is 1. The molecule has 10 heteroatoms. The molecule has 9 aliphatic carbocycles. The van der Waals surface area contributed by atoms with Gasteiger partial charge in [0.25, 0.3) is 0 Å². The summed E-state index contributed by atoms with van der Waals surface area (Å²) in [6.45, 7) is 1.94. The summed E-state index contributed by atoms with van der Waals surface area (Å²) in [5, 5.41) is 81.2. The van der Waals surface area contributed by atoms with Crippen LogP contribution < -0.4 is 5.32 Å². The summed E-state index contributed by atoms with van der Waals surface area (Å²) in [6, 6.07) is 7.66. The Morgan fingerprint density at radius 2 is 1.67 bits per heavy atom. The summed E-state index contributed by atoms with van der Waals surface area (Å²) >= 11 is 0. The monoisotopic (exact) mass is 823 g/mol. The van der Waals surface area contributed by atoms with Crippen LogP contribution in [0.1, 0.15) is 88.7 Å². The van der Waals surface area contributed by atoms with E-state index in [9.17, 15) is 40.2 Å². The van der Waals surface area contributed by atoms with Gasteiger partial charge in [0.1, 0.15) is 23.6 Å². The number of carbonyl (C=O) groups is 2. The number of ether oxygens (including phenoxy) is 1. The van der Waals surface area contributed by atoms with E-state index < -0.39 is 81.5 Å². The van der Waals surface area contributed by atoms with Crippen LogP contribution in [0.3, 0.4) is 0 Å². The third-order valence-electron chi connectivity index (χ3n) is 20.2. The Balaban J connectivity index is 1.04. The number of allylic oxidation sites excluding steroid dienone is 4. The SMILES string of the molecule is CNC(Cc1ccccc1CO)C1CC2CC3(O)C(C)(CC4C=CC5CC(O)C6CC7C=CCC(C8CCCC8)C7CC7C(O)C3(O)C4C5(C=O)C67O)C2C2=CC(=O)OC21. The Morgan fingerprint density at radius 3 is 2.40 bits per heavy atom. The van der Waals surface area contributed by atoms with Crippen LogP contribution in [-0.2, 0) is 27.4 Å². The van der Waals surface area contributed by atoms with Crippen molar-refractivity contribution in [1.82, 2.24) is 5.32 Å². The quantitative estimate of drug-likeness (QED) is 0.120. The summed E-state index contributed by atoms with van der Waals surface area (Å²) in [6.07, 6.45) is 16.6. The molecular formula is C50H65NO9. The molecule has 0 bridgehead atoms. The zero-order chi connectivity index (χ0) is 41.7. The number of benzene rings is 1. The van der Waals surface area contributed by atoms with Gasteiger partial charge < -0.3 is 45.5 Å². The van der Waals surface area contributed by atoms with Crippen LogP contribution >= 0.6 is 0 Å². The molecule has 0 radical (unpaired) electrons. The number of hydrogen-bond donors (Lipinski definition) is 7. The molecule has 1 heterocycles. The molecular weight excluding hydrogens is 759 g/mol. The Morgan fingerprint density at radius 1 is 0.900 bits per heavy atom. The minimum atomic E-state index is -2.19. The van der Waals surface area contributed by atoms with E-state index in [1.807, 2.05) is 50.4 Å². The Labute approximate surface area is 353 Å². The van der Waals surface area contributed by atoms with Crippen LogP contribution in [0.15, 0.2) is 60.2 Å². The van der Waals surface area contributed by atoms with Gasteiger partial charge in [-0.25, -0.2) is 4.79 Å². The number of aldehydes is 1. The van der Waals surface area contributed by atoms with Gasteiger partial charge in [0.05, 0.1) is 29.8 Å². The number of likely N-dealkylation sites (N-methyl/N-ethyl adjacent to an activating group) is 1. The van der Waals surface area contributed by atoms with Gasteiger partial charge in [-0.1, -0.05) is 81.2 Å². The average molecular weight is 824 g/mol. The average Bonchev–Trinajstić information content (AvgIpc) is 3.94. The number of aliphatic hydroxyl groups excluding tert-OH is 3. The highest BCUT2D eigenvalue weighted by molar-refractivity contribution is 5.86. The van der Waals surface area contributed by atoms with Crippen molar-refractivity contribution in [1.29, 1.82) is 0 Å². The third-order valence-corrected chi connectivity index (χ3v) is 20.2. The summed E-state index contributed by atoms with van der Waals surface area (Å²) in [5.74, 6) is -3.81. The first-order valence-corrected chi connectivity index (χ1v) is 23.4. The van der Waals surface area contributed by atoms with Crippen LogP contribution in [0.25, 0.3) is 0 Å². The lowest BCUT2D eigenvalue weighted by Gasteiger charge is -2.76. The van der Waals surface area contributed by atoms with E-state index in [2.05, 4.69) is 17.5 Å². The fourth-order valence-electron chi connectivity index (χ4n) is 18.0. The van der Waals surface area contributed by atoms with Gasteiger partial charge in [-0.05, 0) is 122 Å². The molecule has 10 nitrogen and oxygen atoms in total. The third kappa shape index (κ3) is 4.80. The number of aliphatic hydroxyl groups is 6. The van der Waals surface area contributed by atoms with Gasteiger partial charge in [-0.2, -0.15) is 0 Å². The molecule has 10 aliphatic rings. The number of hydrogen-bond acceptors (Lipinski definition) is 10. The first-order chi connectivity index (χ1) is 28.8. The van der Waals surface area contributed by atoms with Gasteiger partial charge in [0.2, 0.25) is 0 Å². The summed E-state index contributed by atoms with van der Waals surface area (Å²) in [7, 11) is 1.90. The van der Waals surface area contributed by atoms with E-state index in [4.69, 9.17) is 4.74 Å². The van der Waals surface area contributed by atoms with E-state index in [0.717, 1.165) is 42.2 Å². The van der Waals surface area contributed by atoms with Crippen molar-refractivity contribution in [3.63, 3.8) is 0 Å². The van der Waals surface area contributed by atoms with E-state index in [1.54, 1.807) is 6.08 Å². The van der Waals surface area contributed by atoms with Crippen molar-refractivity contribution in [3.8, 4) is 0 Å². The molecule has 7 N–H and O–H groups in total. The summed E-state index contributed by atoms with van der Waals surface area (Å²) in [5.41, 5.74) is -5.82. The molecule has 20 atom stereocenters. The molecule has 11 rings (SSSR count). The largest absolute Gasteiger partial charge is 0.454 e. The van der Waals surface area contributed by atoms with Gasteiger partial charge in [0, 0.05) is 41.2 Å². The van der Waals surface area contributed by atoms with E-state index in [-0.39, 0.29) is 55.1 Å². The molecule has 7 saturated carbocycles. The minimum absolute atomic E-state index is 0.0607. The standard InChI is InChI=1S/C50H65NO9/c1-46-22-29-14-15-32-19-40(54)37-17-28-12-7-13-33(26-8-3-4-9-26)34(28)20-38-45(56)50(59,44(29)47(32,25-53)49(37,38)58)48(46,57)23-31-16-35(43-36(42(31)46)21-41(55)60-43)39(51-2)18-27-10-5-6-11-30(27)24-52/h5-7,10-12,14-15,21,25-26,28-29,31-35,37-40,42-45,51-52,54,56-59H,3-4,8-9,13,16-20,22-24H2,1-2H3. The molecule has 1 aromatic carbocycles. The Hall–Kier alpha value is -2.70. The fourth-order valence-corrected chi connectivity index (χ4v) is 18.0. The highest BCUT2D eigenvalue weighted by Crippen LogP contribution is 2.79. The van der Waals surface area contributed by atoms with Crippen LogP contribution in [0.4, 0.5) is 0 Å². The molecule has 0 aromatic heterocycles. The normalized spacial score (nSPS) is 52.5. The molecule has 60 heavy (non-hydrogen) atoms. The Kier molecular flexibility index (Phi) is 9.12. The number of carbonyl (C=O) groups excluding carboxylic acids is 2. The van der Waals surface area contributed by atoms with E-state index >= 15 is 0 Å². The maximum atomic E-state index is 14.5. The predicted octanol–water partition coefficient (Wildman–Crippen LogP) is 4.19. The lowest BCUT2D eigenvalue weighted by molar-refractivity contribution is -0.388. The van der Waals surface area contributed by atoms with Gasteiger partial charge >= 0.3 is 5.97 Å². The van der Waals surface area contributed by atoms with Crippen LogP contribution in [0.2, 0.25) is 0 Å². The van der Waals surface area contributed by atoms with Crippen molar-refractivity contribution in [2.45, 2.75) is 132 Å². The number of nitrogens with one attached hydrogen (secondary N) is 1. The van der Waals surface area contributed by atoms with Gasteiger partial charge in [0.15, 0.2) is 0 Å². The zero-order valence-electron chi connectivity index (χ0n) is 35.1. The maximum Gasteiger partial charge on any atom is 0.331 e. The zero-order valence-corrected chi connectivity index (χ0v) is 35.1. The molecule has 1 aromatic rings. The Bertz CT molecular complexity index is 2030. The second-order valence-electron chi connectivity index (χ2n) is 21.8. The van der Waals surface area contributed by atoms with Crippen LogP contribution in [0.5, 0.6) is 0 Å². The number of fused-ring (bicyclic) bond motifs is 7. The summed E-state index contributed by atoms with van der Waals surface area (Å²) < 4.78 is 6.20. The highest BCUT2D eigenvalue weighted by Gasteiger charge is 2.87. The van der Waals surface area contributed by atoms with Gasteiger partial charge in [-0.3, -0.25) is 0 Å². The first-order valence-electron chi connectivity index (χ1n) is 23.4. The molecule has 324 valence electrons. The van der Waals surface area contributed by atoms with E-state index in [0.29, 0.717) is 43.9 Å². The summed E-state index contributed by atoms with van der Waals surface area (Å²) in [4.78, 5) is 27.9. The lowest BCUT2D eigenvalue weighted by atomic mass is 9.31. The minimum Gasteiger partial charge on any atom is -0.454 e. The second-order valence-corrected chi connectivity index (χ2v) is 21.8. The van der Waals surface area contributed by atoms with Crippen LogP contribution in [0, 0.1) is 81.8 Å². The van der Waals surface area contributed by atoms with Crippen molar-refractivity contribution >= 4 is 12.3 Å². The predicted molar refractivity (Wildman–Crippen MR) is 221 cm³/mol.